The van der Waals surface area contributed by atoms with Crippen LogP contribution in [0.2, 0.25) is 26.6 Å². The predicted octanol–water partition coefficient (Wildman–Crippen LogP) is 8.34. The Bertz CT molecular complexity index is 236. The quantitative estimate of drug-likeness (QED) is 0.102. The summed E-state index contributed by atoms with van der Waals surface area (Å²) in [4.78, 5) is 18.4. The summed E-state index contributed by atoms with van der Waals surface area (Å²) in [7, 11) is -1.50. The summed E-state index contributed by atoms with van der Waals surface area (Å²) in [5.41, 5.74) is 0. The molecule has 0 aliphatic carbocycles. The Kier molecular flexibility index (Phi) is 41.2. The van der Waals surface area contributed by atoms with Crippen LogP contribution in [0.1, 0.15) is 119 Å². The molecule has 0 unspecified atom stereocenters. The number of hydrogen-bond acceptors (Lipinski definition) is 3. The van der Waals surface area contributed by atoms with E-state index in [0.29, 0.717) is 0 Å². The van der Waals surface area contributed by atoms with Crippen LogP contribution >= 0.6 is 8.60 Å². The molecule has 3 nitrogen and oxygen atoms in total. The second kappa shape index (κ2) is 34.1. The zero-order valence-corrected chi connectivity index (χ0v) is 29.0. The van der Waals surface area contributed by atoms with E-state index in [0.717, 1.165) is 7.11 Å². The van der Waals surface area contributed by atoms with Gasteiger partial charge < -0.3 is 14.3 Å². The molecule has 0 saturated heterocycles. The van der Waals surface area contributed by atoms with E-state index in [1.54, 1.807) is 26.6 Å². The van der Waals surface area contributed by atoms with Crippen LogP contribution in [-0.4, -0.2) is 46.6 Å². The van der Waals surface area contributed by atoms with Gasteiger partial charge in [0.05, 0.1) is 0 Å². The van der Waals surface area contributed by atoms with Gasteiger partial charge in [0.15, 0.2) is 0 Å². The van der Waals surface area contributed by atoms with Crippen LogP contribution in [-0.2, 0) is 4.52 Å². The van der Waals surface area contributed by atoms with Gasteiger partial charge in [0.2, 0.25) is 0 Å². The second-order valence-electron chi connectivity index (χ2n) is 8.53. The smallest absolute Gasteiger partial charge is 0.0365 e. The summed E-state index contributed by atoms with van der Waals surface area (Å²) in [6.07, 6.45) is 17.7. The van der Waals surface area contributed by atoms with Crippen LogP contribution in [0.3, 0.4) is 0 Å². The molecule has 0 bridgehead atoms. The molecule has 0 aliphatic heterocycles. The predicted molar refractivity (Wildman–Crippen MR) is 144 cm³/mol. The Balaban J connectivity index is -0.000000416. The van der Waals surface area contributed by atoms with E-state index >= 15 is 0 Å². The van der Waals surface area contributed by atoms with Crippen molar-refractivity contribution in [2.75, 3.05) is 7.11 Å². The van der Waals surface area contributed by atoms with Crippen molar-refractivity contribution in [2.24, 2.45) is 0 Å². The topological polar surface area (TPSA) is 55.3 Å². The summed E-state index contributed by atoms with van der Waals surface area (Å²) in [5.74, 6) is 0. The summed E-state index contributed by atoms with van der Waals surface area (Å²) >= 11 is -1.68. The first-order valence-corrected chi connectivity index (χ1v) is 26.5. The van der Waals surface area contributed by atoms with E-state index in [2.05, 4.69) is 46.1 Å². The van der Waals surface area contributed by atoms with Crippen LogP contribution in [0.15, 0.2) is 0 Å². The minimum Gasteiger partial charge on any atom is -0.820 e. The Morgan fingerprint density at radius 2 is 0.645 bits per heavy atom. The summed E-state index contributed by atoms with van der Waals surface area (Å²) in [6.45, 7) is 14.0. The largest absolute Gasteiger partial charge is 0.820 e. The van der Waals surface area contributed by atoms with E-state index in [1.807, 2.05) is 0 Å². The molecule has 0 rings (SSSR count). The molecule has 0 aromatic carbocycles. The van der Waals surface area contributed by atoms with Gasteiger partial charge in [0, 0.05) is 7.11 Å². The van der Waals surface area contributed by atoms with Crippen LogP contribution in [0, 0.1) is 0 Å². The molecule has 0 heterocycles. The molecule has 0 radical (unpaired) electrons. The fourth-order valence-electron chi connectivity index (χ4n) is 3.31. The van der Waals surface area contributed by atoms with Gasteiger partial charge in [-0.15, -0.1) is 0 Å². The molecule has 0 spiro atoms. The molecular formula is C25H57O3PSn2. The first kappa shape index (κ1) is 37.5. The zero-order chi connectivity index (χ0) is 24.2. The van der Waals surface area contributed by atoms with E-state index in [4.69, 9.17) is 0 Å². The van der Waals surface area contributed by atoms with E-state index in [1.165, 1.54) is 77.0 Å². The maximum Gasteiger partial charge on any atom is 0.0365 e. The van der Waals surface area contributed by atoms with Crippen molar-refractivity contribution < 1.29 is 14.3 Å². The molecule has 0 N–H and O–H groups in total. The minimum atomic E-state index is -2.60. The van der Waals surface area contributed by atoms with E-state index in [-0.39, 0.29) is 0 Å². The molecule has 6 heteroatoms. The first-order chi connectivity index (χ1) is 15.0. The van der Waals surface area contributed by atoms with Crippen molar-refractivity contribution in [1.29, 1.82) is 0 Å². The normalized spacial score (nSPS) is 10.3. The minimum absolute atomic E-state index is 0.839. The van der Waals surface area contributed by atoms with Gasteiger partial charge in [0.25, 0.3) is 0 Å². The summed E-state index contributed by atoms with van der Waals surface area (Å²) < 4.78 is 13.8. The summed E-state index contributed by atoms with van der Waals surface area (Å²) in [5, 5.41) is 0. The van der Waals surface area contributed by atoms with Gasteiger partial charge >= 0.3 is 185 Å². The molecule has 31 heavy (non-hydrogen) atoms. The molecule has 0 aromatic heterocycles. The van der Waals surface area contributed by atoms with Crippen LogP contribution < -0.4 is 9.79 Å². The molecule has 0 fully saturated rings. The van der Waals surface area contributed by atoms with Gasteiger partial charge in [-0.2, -0.15) is 8.60 Å². The number of hydrogen-bond donors (Lipinski definition) is 0. The van der Waals surface area contributed by atoms with Crippen molar-refractivity contribution in [3.8, 4) is 0 Å². The second-order valence-corrected chi connectivity index (χ2v) is 26.5. The van der Waals surface area contributed by atoms with Gasteiger partial charge in [-0.1, -0.05) is 0 Å². The van der Waals surface area contributed by atoms with Crippen molar-refractivity contribution in [1.82, 2.24) is 0 Å². The van der Waals surface area contributed by atoms with Crippen LogP contribution in [0.5, 0.6) is 0 Å². The van der Waals surface area contributed by atoms with E-state index < -0.39 is 48.1 Å². The van der Waals surface area contributed by atoms with Crippen molar-refractivity contribution in [2.45, 2.75) is 145 Å². The monoisotopic (exact) mass is 676 g/mol. The Labute approximate surface area is 213 Å². The van der Waals surface area contributed by atoms with Crippen molar-refractivity contribution >= 4 is 48.1 Å². The molecule has 0 amide bonds. The molecule has 0 aromatic rings. The molecular weight excluding hydrogens is 617 g/mol. The Morgan fingerprint density at radius 3 is 0.742 bits per heavy atom. The van der Waals surface area contributed by atoms with Crippen molar-refractivity contribution in [3.05, 3.63) is 0 Å². The van der Waals surface area contributed by atoms with Gasteiger partial charge in [-0.05, 0) is 0 Å². The van der Waals surface area contributed by atoms with Crippen molar-refractivity contribution in [3.63, 3.8) is 0 Å². The first-order valence-electron chi connectivity index (χ1n) is 13.3. The third-order valence-corrected chi connectivity index (χ3v) is 23.9. The number of unbranched alkanes of at least 4 members (excludes halogenated alkanes) is 6. The molecule has 188 valence electrons. The maximum atomic E-state index is 9.18. The summed E-state index contributed by atoms with van der Waals surface area (Å²) in [6, 6.07) is 0. The van der Waals surface area contributed by atoms with Crippen LogP contribution in [0.25, 0.3) is 0 Å². The zero-order valence-electron chi connectivity index (χ0n) is 22.4. The number of rotatable bonds is 19. The third-order valence-electron chi connectivity index (χ3n) is 5.45. The fraction of sp³-hybridized carbons (Fsp3) is 1.00. The standard InChI is InChI=1S/6C4H9.CH3O3P.2Sn/c6*1-3-4-2;1-4-5(2)3;;/h6*1,3-4H2,2H3;1H3;;/q;;;;;;-2;2*+1. The molecule has 0 atom stereocenters. The SMILES string of the molecule is CCC[CH2][Sn+]([CH2]CCC)[CH2]CCC.CCC[CH2][Sn+]([CH2]CCC)[CH2]CCC.COP([O-])[O-]. The maximum absolute atomic E-state index is 9.18. The Hall–Kier alpha value is 1.91. The van der Waals surface area contributed by atoms with Crippen LogP contribution in [0.4, 0.5) is 0 Å². The Morgan fingerprint density at radius 1 is 0.484 bits per heavy atom. The molecule has 0 saturated carbocycles. The third kappa shape index (κ3) is 36.6. The van der Waals surface area contributed by atoms with Gasteiger partial charge in [-0.3, -0.25) is 0 Å². The van der Waals surface area contributed by atoms with Gasteiger partial charge in [-0.25, -0.2) is 0 Å². The average molecular weight is 674 g/mol. The van der Waals surface area contributed by atoms with Gasteiger partial charge in [0.1, 0.15) is 0 Å². The fourth-order valence-corrected chi connectivity index (χ4v) is 22.2. The van der Waals surface area contributed by atoms with E-state index in [9.17, 15) is 9.79 Å². The average Bonchev–Trinajstić information content (AvgIpc) is 2.78. The molecule has 0 aliphatic rings.